The van der Waals surface area contributed by atoms with Crippen molar-refractivity contribution in [3.8, 4) is 0 Å². The van der Waals surface area contributed by atoms with Crippen LogP contribution in [0.4, 0.5) is 0 Å². The number of carbonyl (C=O) groups is 4. The van der Waals surface area contributed by atoms with E-state index in [9.17, 15) is 19.2 Å². The summed E-state index contributed by atoms with van der Waals surface area (Å²) in [5, 5.41) is 10.7. The van der Waals surface area contributed by atoms with E-state index in [0.29, 0.717) is 51.7 Å². The summed E-state index contributed by atoms with van der Waals surface area (Å²) in [6.45, 7) is 12.4. The number of Topliss-reactive ketones (excluding diaryl/α,β-unsaturated/α-hetero) is 1. The van der Waals surface area contributed by atoms with E-state index in [2.05, 4.69) is 50.3 Å². The van der Waals surface area contributed by atoms with Gasteiger partial charge in [-0.15, -0.1) is 0 Å². The SMILES string of the molecule is CC.CCNC(CCCN=C(N)N)C(=O)NCC(=O)NC(CCCCN)C(=O)NCC(C)=O.Cc1ccccc1.Cc1cn(C)c(=S)[nH]1. The fourth-order valence-electron chi connectivity index (χ4n) is 3.88. The van der Waals surface area contributed by atoms with Crippen molar-refractivity contribution in [2.75, 3.05) is 32.7 Å². The molecule has 0 bridgehead atoms. The predicted molar refractivity (Wildman–Crippen MR) is 197 cm³/mol. The molecule has 2 aromatic rings. The van der Waals surface area contributed by atoms with E-state index in [1.807, 2.05) is 63.7 Å². The Kier molecular flexibility index (Phi) is 27.9. The normalized spacial score (nSPS) is 11.0. The molecule has 1 aromatic heterocycles. The number of hydrogen-bond donors (Lipinski definition) is 8. The summed E-state index contributed by atoms with van der Waals surface area (Å²) in [6, 6.07) is 8.96. The van der Waals surface area contributed by atoms with E-state index < -0.39 is 23.9 Å². The van der Waals surface area contributed by atoms with Crippen molar-refractivity contribution in [3.63, 3.8) is 0 Å². The van der Waals surface area contributed by atoms with Gasteiger partial charge >= 0.3 is 0 Å². The number of rotatable bonds is 17. The second-order valence-electron chi connectivity index (χ2n) is 10.6. The third kappa shape index (κ3) is 25.1. The number of H-pyrrole nitrogens is 1. The van der Waals surface area contributed by atoms with Gasteiger partial charge in [0, 0.05) is 25.5 Å². The molecule has 3 amide bonds. The van der Waals surface area contributed by atoms with Crippen LogP contribution in [0.5, 0.6) is 0 Å². The number of guanidine groups is 1. The molecule has 1 aromatic carbocycles. The summed E-state index contributed by atoms with van der Waals surface area (Å²) in [6.07, 6.45) is 4.77. The first-order valence-corrected chi connectivity index (χ1v) is 16.8. The van der Waals surface area contributed by atoms with Crippen LogP contribution in [0.3, 0.4) is 0 Å². The summed E-state index contributed by atoms with van der Waals surface area (Å²) in [5.74, 6) is -1.48. The first-order chi connectivity index (χ1) is 22.8. The van der Waals surface area contributed by atoms with Crippen molar-refractivity contribution < 1.29 is 19.2 Å². The number of aliphatic imine (C=N–C) groups is 1. The standard InChI is InChI=1S/C19H38N8O4.C7H8.C5H8N2S.C2H6/c1-3-23-14(8-6-10-24-19(21)22)17(30)26-12-16(29)27-15(7-4-5-9-20)18(31)25-11-13(2)28;1-7-5-3-2-4-6-7;1-4-3-7(2)5(8)6-4;1-2/h14-15,23H,3-12,20H2,1-2H3,(H,25,31)(H,26,30)(H,27,29)(H4,21,22,24);2-6H,1H3;3H,1-2H3,(H,6,8);1-2H3. The molecule has 2 rings (SSSR count). The molecule has 0 fully saturated rings. The van der Waals surface area contributed by atoms with Gasteiger partial charge in [-0.05, 0) is 78.2 Å². The number of aromatic nitrogens is 2. The van der Waals surface area contributed by atoms with Gasteiger partial charge in [-0.1, -0.05) is 56.7 Å². The quantitative estimate of drug-likeness (QED) is 0.0523. The molecule has 0 saturated carbocycles. The van der Waals surface area contributed by atoms with E-state index in [0.717, 1.165) is 10.5 Å². The number of unbranched alkanes of at least 4 members (excludes halogenated alkanes) is 1. The number of nitrogens with zero attached hydrogens (tertiary/aromatic N) is 2. The Morgan fingerprint density at radius 1 is 0.938 bits per heavy atom. The van der Waals surface area contributed by atoms with Crippen molar-refractivity contribution >= 4 is 41.7 Å². The lowest BCUT2D eigenvalue weighted by molar-refractivity contribution is -0.131. The summed E-state index contributed by atoms with van der Waals surface area (Å²) in [4.78, 5) is 54.9. The van der Waals surface area contributed by atoms with Crippen molar-refractivity contribution in [3.05, 3.63) is 52.6 Å². The number of amides is 3. The molecule has 0 radical (unpaired) electrons. The van der Waals surface area contributed by atoms with Gasteiger partial charge < -0.3 is 48.0 Å². The number of benzene rings is 1. The van der Waals surface area contributed by atoms with Crippen LogP contribution in [-0.4, -0.2) is 83.8 Å². The van der Waals surface area contributed by atoms with Crippen LogP contribution in [-0.2, 0) is 26.2 Å². The fraction of sp³-hybridized carbons (Fsp3) is 0.576. The number of nitrogens with one attached hydrogen (secondary N) is 5. The zero-order valence-electron chi connectivity index (χ0n) is 29.9. The Balaban J connectivity index is 0. The molecule has 15 heteroatoms. The smallest absolute Gasteiger partial charge is 0.242 e. The Labute approximate surface area is 291 Å². The molecule has 48 heavy (non-hydrogen) atoms. The highest BCUT2D eigenvalue weighted by atomic mass is 32.1. The fourth-order valence-corrected chi connectivity index (χ4v) is 4.09. The van der Waals surface area contributed by atoms with Gasteiger partial charge in [0.15, 0.2) is 10.7 Å². The maximum atomic E-state index is 12.4. The van der Waals surface area contributed by atoms with Crippen LogP contribution in [0.25, 0.3) is 0 Å². The molecule has 0 saturated heterocycles. The minimum atomic E-state index is -0.806. The molecule has 14 nitrogen and oxygen atoms in total. The van der Waals surface area contributed by atoms with Crippen LogP contribution in [0.1, 0.15) is 71.1 Å². The molecule has 2 unspecified atom stereocenters. The second kappa shape index (κ2) is 29.1. The zero-order chi connectivity index (χ0) is 36.9. The highest BCUT2D eigenvalue weighted by molar-refractivity contribution is 7.71. The second-order valence-corrected chi connectivity index (χ2v) is 11.0. The zero-order valence-corrected chi connectivity index (χ0v) is 30.7. The maximum Gasteiger partial charge on any atom is 0.242 e. The van der Waals surface area contributed by atoms with Crippen molar-refractivity contribution in [1.29, 1.82) is 0 Å². The van der Waals surface area contributed by atoms with E-state index in [4.69, 9.17) is 29.4 Å². The number of hydrogen-bond acceptors (Lipinski definition) is 8. The minimum absolute atomic E-state index is 0.00511. The van der Waals surface area contributed by atoms with E-state index in [1.54, 1.807) is 0 Å². The third-order valence-corrected chi connectivity index (χ3v) is 6.59. The molecule has 0 aliphatic heterocycles. The van der Waals surface area contributed by atoms with Gasteiger partial charge in [0.1, 0.15) is 11.8 Å². The van der Waals surface area contributed by atoms with Crippen LogP contribution in [0.15, 0.2) is 41.5 Å². The Hall–Kier alpha value is -4.08. The minimum Gasteiger partial charge on any atom is -0.370 e. The highest BCUT2D eigenvalue weighted by Crippen LogP contribution is 2.02. The Bertz CT molecular complexity index is 1260. The number of nitrogens with two attached hydrogens (primary N) is 3. The average Bonchev–Trinajstić information content (AvgIpc) is 3.35. The first kappa shape index (κ1) is 46.0. The van der Waals surface area contributed by atoms with E-state index in [-0.39, 0.29) is 30.7 Å². The molecule has 1 heterocycles. The van der Waals surface area contributed by atoms with Crippen molar-refractivity contribution in [1.82, 2.24) is 30.8 Å². The average molecular weight is 693 g/mol. The van der Waals surface area contributed by atoms with Crippen molar-refractivity contribution in [2.24, 2.45) is 29.2 Å². The number of aromatic amines is 1. The molecule has 0 spiro atoms. The Morgan fingerprint density at radius 3 is 1.96 bits per heavy atom. The van der Waals surface area contributed by atoms with Gasteiger partial charge in [0.25, 0.3) is 0 Å². The van der Waals surface area contributed by atoms with Gasteiger partial charge in [0.2, 0.25) is 17.7 Å². The van der Waals surface area contributed by atoms with Crippen molar-refractivity contribution in [2.45, 2.75) is 85.7 Å². The lowest BCUT2D eigenvalue weighted by Crippen LogP contribution is -2.52. The molecule has 11 N–H and O–H groups in total. The molecular formula is C33H60N10O4S. The monoisotopic (exact) mass is 692 g/mol. The highest BCUT2D eigenvalue weighted by Gasteiger charge is 2.22. The van der Waals surface area contributed by atoms with Crippen LogP contribution in [0, 0.1) is 18.6 Å². The molecule has 272 valence electrons. The largest absolute Gasteiger partial charge is 0.370 e. The molecule has 0 aliphatic rings. The molecule has 0 aliphatic carbocycles. The van der Waals surface area contributed by atoms with Gasteiger partial charge in [0.05, 0.1) is 19.1 Å². The number of ketones is 1. The summed E-state index contributed by atoms with van der Waals surface area (Å²) in [7, 11) is 1.92. The number of likely N-dealkylation sites (N-methyl/N-ethyl adjacent to an activating group) is 1. The Morgan fingerprint density at radius 2 is 1.52 bits per heavy atom. The molecule has 2 atom stereocenters. The maximum absolute atomic E-state index is 12.4. The molecular weight excluding hydrogens is 632 g/mol. The van der Waals surface area contributed by atoms with Crippen LogP contribution in [0.2, 0.25) is 0 Å². The lowest BCUT2D eigenvalue weighted by Gasteiger charge is -2.20. The van der Waals surface area contributed by atoms with Gasteiger partial charge in [-0.25, -0.2) is 0 Å². The number of imidazole rings is 1. The van der Waals surface area contributed by atoms with Gasteiger partial charge in [-0.3, -0.25) is 24.2 Å². The van der Waals surface area contributed by atoms with Crippen LogP contribution >= 0.6 is 12.2 Å². The predicted octanol–water partition coefficient (Wildman–Crippen LogP) is 1.87. The van der Waals surface area contributed by atoms with Crippen LogP contribution < -0.4 is 38.5 Å². The number of carbonyl (C=O) groups excluding carboxylic acids is 4. The van der Waals surface area contributed by atoms with E-state index >= 15 is 0 Å². The summed E-state index contributed by atoms with van der Waals surface area (Å²) >= 11 is 4.88. The number of aryl methyl sites for hydroxylation is 3. The first-order valence-electron chi connectivity index (χ1n) is 16.4. The van der Waals surface area contributed by atoms with E-state index in [1.165, 1.54) is 12.5 Å². The third-order valence-electron chi connectivity index (χ3n) is 6.20. The summed E-state index contributed by atoms with van der Waals surface area (Å²) < 4.78 is 2.66. The van der Waals surface area contributed by atoms with Gasteiger partial charge in [-0.2, -0.15) is 0 Å². The lowest BCUT2D eigenvalue weighted by atomic mass is 10.1. The summed E-state index contributed by atoms with van der Waals surface area (Å²) in [5.41, 5.74) is 18.5. The topological polar surface area (TPSA) is 228 Å².